The molecule has 1 unspecified atom stereocenters. The highest BCUT2D eigenvalue weighted by Crippen LogP contribution is 2.32. The molecule has 1 aliphatic rings. The number of benzene rings is 1. The summed E-state index contributed by atoms with van der Waals surface area (Å²) < 4.78 is 13.1. The Hall–Kier alpha value is -1.95. The highest BCUT2D eigenvalue weighted by Gasteiger charge is 2.32. The smallest absolute Gasteiger partial charge is 0.239 e. The van der Waals surface area contributed by atoms with Gasteiger partial charge >= 0.3 is 0 Å². The second kappa shape index (κ2) is 8.94. The molecule has 0 saturated heterocycles. The molecule has 1 aromatic carbocycles. The number of carbonyl (C=O) groups excluding carboxylic acids is 2. The van der Waals surface area contributed by atoms with Crippen LogP contribution in [0, 0.1) is 11.7 Å². The Kier molecular flexibility index (Phi) is 6.93. The first kappa shape index (κ1) is 19.4. The Balaban J connectivity index is 1.70. The van der Waals surface area contributed by atoms with Gasteiger partial charge in [-0.1, -0.05) is 31.4 Å². The summed E-state index contributed by atoms with van der Waals surface area (Å²) in [5.41, 5.74) is -0.375. The fourth-order valence-corrected chi connectivity index (χ4v) is 3.28. The van der Waals surface area contributed by atoms with Gasteiger partial charge in [0.25, 0.3) is 0 Å². The highest BCUT2D eigenvalue weighted by atomic mass is 19.1. The highest BCUT2D eigenvalue weighted by molar-refractivity contribution is 5.85. The maximum atomic E-state index is 13.1. The number of nitrogens with one attached hydrogen (secondary N) is 2. The van der Waals surface area contributed by atoms with Crippen LogP contribution in [0.3, 0.4) is 0 Å². The molecule has 5 nitrogen and oxygen atoms in total. The average Bonchev–Trinajstić information content (AvgIpc) is 2.59. The monoisotopic (exact) mass is 350 g/mol. The Morgan fingerprint density at radius 3 is 2.60 bits per heavy atom. The van der Waals surface area contributed by atoms with E-state index in [4.69, 9.17) is 0 Å². The van der Waals surface area contributed by atoms with Crippen LogP contribution in [0.25, 0.3) is 0 Å². The van der Waals surface area contributed by atoms with Gasteiger partial charge < -0.3 is 15.7 Å². The largest absolute Gasteiger partial charge is 0.388 e. The van der Waals surface area contributed by atoms with E-state index < -0.39 is 11.4 Å². The van der Waals surface area contributed by atoms with Crippen molar-refractivity contribution < 1.29 is 19.1 Å². The molecule has 1 atom stereocenters. The average molecular weight is 350 g/mol. The van der Waals surface area contributed by atoms with Gasteiger partial charge in [-0.05, 0) is 43.4 Å². The van der Waals surface area contributed by atoms with Gasteiger partial charge in [-0.25, -0.2) is 4.39 Å². The first-order chi connectivity index (χ1) is 11.9. The molecular weight excluding hydrogens is 323 g/mol. The van der Waals surface area contributed by atoms with Gasteiger partial charge in [-0.2, -0.15) is 0 Å². The van der Waals surface area contributed by atoms with E-state index in [9.17, 15) is 19.1 Å². The first-order valence-electron chi connectivity index (χ1n) is 8.87. The molecule has 0 aromatic heterocycles. The van der Waals surface area contributed by atoms with E-state index in [1.165, 1.54) is 24.6 Å². The molecule has 0 spiro atoms. The molecule has 1 fully saturated rings. The van der Waals surface area contributed by atoms with E-state index >= 15 is 0 Å². The Morgan fingerprint density at radius 1 is 1.20 bits per heavy atom. The number of aliphatic hydroxyl groups is 1. The lowest BCUT2D eigenvalue weighted by molar-refractivity contribution is -0.126. The van der Waals surface area contributed by atoms with Gasteiger partial charge in [-0.3, -0.25) is 9.59 Å². The minimum Gasteiger partial charge on any atom is -0.388 e. The van der Waals surface area contributed by atoms with Gasteiger partial charge in [0.15, 0.2) is 0 Å². The van der Waals surface area contributed by atoms with Crippen LogP contribution in [0.4, 0.5) is 4.39 Å². The maximum absolute atomic E-state index is 13.1. The summed E-state index contributed by atoms with van der Waals surface area (Å²) in [5.74, 6) is -0.888. The third-order valence-electron chi connectivity index (χ3n) is 4.83. The molecule has 3 N–H and O–H groups in total. The van der Waals surface area contributed by atoms with Crippen LogP contribution in [0.15, 0.2) is 24.3 Å². The van der Waals surface area contributed by atoms with Crippen LogP contribution in [0.1, 0.15) is 44.6 Å². The molecule has 0 heterocycles. The number of rotatable bonds is 7. The van der Waals surface area contributed by atoms with E-state index in [0.29, 0.717) is 5.56 Å². The Morgan fingerprint density at radius 2 is 1.92 bits per heavy atom. The van der Waals surface area contributed by atoms with Crippen LogP contribution in [0.2, 0.25) is 0 Å². The number of hydrogen-bond donors (Lipinski definition) is 3. The zero-order chi connectivity index (χ0) is 18.3. The van der Waals surface area contributed by atoms with Crippen molar-refractivity contribution in [2.75, 3.05) is 13.1 Å². The molecule has 138 valence electrons. The molecule has 25 heavy (non-hydrogen) atoms. The predicted octanol–water partition coefficient (Wildman–Crippen LogP) is 1.93. The second-order valence-corrected chi connectivity index (χ2v) is 7.05. The fraction of sp³-hybridized carbons (Fsp3) is 0.579. The quantitative estimate of drug-likeness (QED) is 0.703. The predicted molar refractivity (Wildman–Crippen MR) is 93.3 cm³/mol. The van der Waals surface area contributed by atoms with Gasteiger partial charge in [-0.15, -0.1) is 0 Å². The third kappa shape index (κ3) is 6.46. The SMILES string of the molecule is CC(O)(CNC(=O)CNC(=O)Cc1cccc(F)c1)C1CCCCC1. The van der Waals surface area contributed by atoms with Crippen molar-refractivity contribution in [1.82, 2.24) is 10.6 Å². The Bertz CT molecular complexity index is 598. The van der Waals surface area contributed by atoms with E-state index in [-0.39, 0.29) is 37.2 Å². The van der Waals surface area contributed by atoms with Crippen molar-refractivity contribution in [3.05, 3.63) is 35.6 Å². The lowest BCUT2D eigenvalue weighted by Gasteiger charge is -2.35. The molecule has 0 aliphatic heterocycles. The zero-order valence-corrected chi connectivity index (χ0v) is 14.7. The van der Waals surface area contributed by atoms with Crippen molar-refractivity contribution >= 4 is 11.8 Å². The number of halogens is 1. The minimum atomic E-state index is -0.929. The molecule has 2 amide bonds. The summed E-state index contributed by atoms with van der Waals surface area (Å²) in [6.07, 6.45) is 5.41. The molecule has 1 aromatic rings. The topological polar surface area (TPSA) is 78.4 Å². The first-order valence-corrected chi connectivity index (χ1v) is 8.87. The van der Waals surface area contributed by atoms with Gasteiger partial charge in [0.1, 0.15) is 5.82 Å². The van der Waals surface area contributed by atoms with Crippen molar-refractivity contribution in [2.45, 2.75) is 51.0 Å². The number of carbonyl (C=O) groups is 2. The second-order valence-electron chi connectivity index (χ2n) is 7.05. The van der Waals surface area contributed by atoms with Crippen molar-refractivity contribution in [3.63, 3.8) is 0 Å². The van der Waals surface area contributed by atoms with Crippen LogP contribution in [0.5, 0.6) is 0 Å². The van der Waals surface area contributed by atoms with Gasteiger partial charge in [0, 0.05) is 6.54 Å². The molecule has 1 saturated carbocycles. The number of hydrogen-bond acceptors (Lipinski definition) is 3. The number of amides is 2. The standard InChI is InChI=1S/C19H27FN2O3/c1-19(25,15-7-3-2-4-8-15)13-22-18(24)12-21-17(23)11-14-6-5-9-16(20)10-14/h5-6,9-10,15,25H,2-4,7-8,11-13H2,1H3,(H,21,23)(H,22,24). The zero-order valence-electron chi connectivity index (χ0n) is 14.7. The molecule has 1 aliphatic carbocycles. The van der Waals surface area contributed by atoms with E-state index in [2.05, 4.69) is 10.6 Å². The summed E-state index contributed by atoms with van der Waals surface area (Å²) in [4.78, 5) is 23.7. The summed E-state index contributed by atoms with van der Waals surface area (Å²) in [5, 5.41) is 15.7. The normalized spacial score (nSPS) is 17.6. The maximum Gasteiger partial charge on any atom is 0.239 e. The van der Waals surface area contributed by atoms with Gasteiger partial charge in [0.05, 0.1) is 18.6 Å². The van der Waals surface area contributed by atoms with E-state index in [0.717, 1.165) is 25.7 Å². The van der Waals surface area contributed by atoms with Crippen LogP contribution in [-0.2, 0) is 16.0 Å². The van der Waals surface area contributed by atoms with Crippen molar-refractivity contribution in [1.29, 1.82) is 0 Å². The van der Waals surface area contributed by atoms with Crippen molar-refractivity contribution in [3.8, 4) is 0 Å². The summed E-state index contributed by atoms with van der Waals surface area (Å²) in [6.45, 7) is 1.77. The molecule has 6 heteroatoms. The molecule has 0 bridgehead atoms. The molecule has 2 rings (SSSR count). The van der Waals surface area contributed by atoms with Gasteiger partial charge in [0.2, 0.25) is 11.8 Å². The lowest BCUT2D eigenvalue weighted by Crippen LogP contribution is -2.48. The van der Waals surface area contributed by atoms with E-state index in [1.807, 2.05) is 0 Å². The summed E-state index contributed by atoms with van der Waals surface area (Å²) in [7, 11) is 0. The lowest BCUT2D eigenvalue weighted by atomic mass is 9.78. The summed E-state index contributed by atoms with van der Waals surface area (Å²) >= 11 is 0. The van der Waals surface area contributed by atoms with Crippen LogP contribution < -0.4 is 10.6 Å². The summed E-state index contributed by atoms with van der Waals surface area (Å²) in [6, 6.07) is 5.80. The Labute approximate surface area is 148 Å². The van der Waals surface area contributed by atoms with Crippen LogP contribution >= 0.6 is 0 Å². The van der Waals surface area contributed by atoms with E-state index in [1.54, 1.807) is 13.0 Å². The minimum absolute atomic E-state index is 0.0187. The third-order valence-corrected chi connectivity index (χ3v) is 4.83. The van der Waals surface area contributed by atoms with Crippen molar-refractivity contribution in [2.24, 2.45) is 5.92 Å². The fourth-order valence-electron chi connectivity index (χ4n) is 3.28. The van der Waals surface area contributed by atoms with Crippen LogP contribution in [-0.4, -0.2) is 35.6 Å². The molecule has 0 radical (unpaired) electrons. The molecular formula is C19H27FN2O3.